The monoisotopic (exact) mass is 389 g/mol. The number of fused-ring (bicyclic) bond motifs is 1. The Balaban J connectivity index is 1.38. The van der Waals surface area contributed by atoms with E-state index in [1.165, 1.54) is 0 Å². The van der Waals surface area contributed by atoms with Crippen molar-refractivity contribution in [1.29, 1.82) is 0 Å². The fraction of sp³-hybridized carbons (Fsp3) is 0.143. The van der Waals surface area contributed by atoms with Crippen molar-refractivity contribution in [3.63, 3.8) is 0 Å². The Labute approximate surface area is 166 Å². The van der Waals surface area contributed by atoms with Gasteiger partial charge in [0.1, 0.15) is 5.69 Å². The number of H-pyrrole nitrogens is 1. The van der Waals surface area contributed by atoms with Crippen LogP contribution in [0.1, 0.15) is 37.8 Å². The lowest BCUT2D eigenvalue weighted by Crippen LogP contribution is -2.24. The third kappa shape index (κ3) is 4.32. The zero-order valence-corrected chi connectivity index (χ0v) is 15.5. The molecule has 3 N–H and O–H groups in total. The molecule has 0 saturated heterocycles. The van der Waals surface area contributed by atoms with Gasteiger partial charge >= 0.3 is 5.97 Å². The summed E-state index contributed by atoms with van der Waals surface area (Å²) in [5.41, 5.74) is 2.91. The SMILES string of the molecule is O=C(O)c1ccc(CN2C=Nc3[nH]c(C(=O)NCc4ccccc4)nc3C2)cc1. The summed E-state index contributed by atoms with van der Waals surface area (Å²) in [5, 5.41) is 11.8. The van der Waals surface area contributed by atoms with Gasteiger partial charge in [-0.05, 0) is 23.3 Å². The molecule has 0 fully saturated rings. The molecule has 0 unspecified atom stereocenters. The van der Waals surface area contributed by atoms with Crippen molar-refractivity contribution in [2.24, 2.45) is 4.99 Å². The zero-order valence-electron chi connectivity index (χ0n) is 15.5. The molecule has 146 valence electrons. The quantitative estimate of drug-likeness (QED) is 0.600. The van der Waals surface area contributed by atoms with Crippen molar-refractivity contribution < 1.29 is 14.7 Å². The summed E-state index contributed by atoms with van der Waals surface area (Å²) in [4.78, 5) is 37.0. The Morgan fingerprint density at radius 2 is 1.83 bits per heavy atom. The van der Waals surface area contributed by atoms with Crippen LogP contribution >= 0.6 is 0 Å². The van der Waals surface area contributed by atoms with Crippen LogP contribution in [-0.2, 0) is 19.6 Å². The average Bonchev–Trinajstić information content (AvgIpc) is 3.17. The molecule has 0 radical (unpaired) electrons. The molecule has 0 saturated carbocycles. The highest BCUT2D eigenvalue weighted by Gasteiger charge is 2.20. The number of aromatic nitrogens is 2. The molecule has 0 spiro atoms. The predicted octanol–water partition coefficient (Wildman–Crippen LogP) is 2.71. The number of hydrogen-bond donors (Lipinski definition) is 3. The minimum atomic E-state index is -0.949. The minimum Gasteiger partial charge on any atom is -0.478 e. The molecule has 1 aliphatic rings. The lowest BCUT2D eigenvalue weighted by Gasteiger charge is -2.21. The Bertz CT molecular complexity index is 1060. The number of benzene rings is 2. The molecule has 3 aromatic rings. The van der Waals surface area contributed by atoms with E-state index < -0.39 is 5.97 Å². The number of aromatic amines is 1. The van der Waals surface area contributed by atoms with Crippen LogP contribution in [-0.4, -0.2) is 38.2 Å². The molecule has 2 heterocycles. The smallest absolute Gasteiger partial charge is 0.335 e. The van der Waals surface area contributed by atoms with E-state index in [1.807, 2.05) is 35.2 Å². The molecule has 29 heavy (non-hydrogen) atoms. The molecule has 8 heteroatoms. The largest absolute Gasteiger partial charge is 0.478 e. The third-order valence-electron chi connectivity index (χ3n) is 4.56. The van der Waals surface area contributed by atoms with Gasteiger partial charge in [0.15, 0.2) is 11.6 Å². The number of nitrogens with one attached hydrogen (secondary N) is 2. The van der Waals surface area contributed by atoms with E-state index in [0.29, 0.717) is 31.1 Å². The van der Waals surface area contributed by atoms with E-state index in [-0.39, 0.29) is 17.3 Å². The van der Waals surface area contributed by atoms with Crippen molar-refractivity contribution in [3.8, 4) is 0 Å². The van der Waals surface area contributed by atoms with Crippen molar-refractivity contribution in [3.05, 3.63) is 82.8 Å². The molecule has 0 aliphatic carbocycles. The molecule has 4 rings (SSSR count). The molecular formula is C21H19N5O3. The maximum absolute atomic E-state index is 12.4. The number of rotatable bonds is 6. The summed E-state index contributed by atoms with van der Waals surface area (Å²) in [6.45, 7) is 1.49. The summed E-state index contributed by atoms with van der Waals surface area (Å²) in [7, 11) is 0. The normalized spacial score (nSPS) is 12.5. The lowest BCUT2D eigenvalue weighted by molar-refractivity contribution is 0.0696. The van der Waals surface area contributed by atoms with Crippen LogP contribution in [0.3, 0.4) is 0 Å². The zero-order chi connectivity index (χ0) is 20.2. The van der Waals surface area contributed by atoms with E-state index >= 15 is 0 Å². The Morgan fingerprint density at radius 3 is 2.55 bits per heavy atom. The first-order chi connectivity index (χ1) is 14.1. The highest BCUT2D eigenvalue weighted by Crippen LogP contribution is 2.22. The highest BCUT2D eigenvalue weighted by atomic mass is 16.4. The van der Waals surface area contributed by atoms with Crippen LogP contribution in [0.25, 0.3) is 0 Å². The van der Waals surface area contributed by atoms with E-state index in [0.717, 1.165) is 11.1 Å². The third-order valence-corrected chi connectivity index (χ3v) is 4.56. The minimum absolute atomic E-state index is 0.232. The number of hydrogen-bond acceptors (Lipinski definition) is 5. The van der Waals surface area contributed by atoms with Gasteiger partial charge in [-0.15, -0.1) is 0 Å². The average molecular weight is 389 g/mol. The van der Waals surface area contributed by atoms with Gasteiger partial charge < -0.3 is 20.3 Å². The molecular weight excluding hydrogens is 370 g/mol. The molecule has 2 aromatic carbocycles. The van der Waals surface area contributed by atoms with Gasteiger partial charge in [-0.3, -0.25) is 4.79 Å². The Kier molecular flexibility index (Phi) is 5.07. The van der Waals surface area contributed by atoms with Gasteiger partial charge in [-0.1, -0.05) is 42.5 Å². The van der Waals surface area contributed by atoms with E-state index in [4.69, 9.17) is 5.11 Å². The topological polar surface area (TPSA) is 111 Å². The standard InChI is InChI=1S/C21H19N5O3/c27-20(22-10-14-4-2-1-3-5-14)19-24-17-12-26(13-23-18(17)25-19)11-15-6-8-16(9-7-15)21(28)29/h1-9,13H,10-12H2,(H,22,27)(H,24,25)(H,28,29). The number of carbonyl (C=O) groups is 2. The van der Waals surface area contributed by atoms with Gasteiger partial charge in [0, 0.05) is 13.1 Å². The highest BCUT2D eigenvalue weighted by molar-refractivity contribution is 5.91. The van der Waals surface area contributed by atoms with Crippen LogP contribution < -0.4 is 5.32 Å². The summed E-state index contributed by atoms with van der Waals surface area (Å²) >= 11 is 0. The van der Waals surface area contributed by atoms with Crippen molar-refractivity contribution >= 4 is 24.0 Å². The Morgan fingerprint density at radius 1 is 1.07 bits per heavy atom. The summed E-state index contributed by atoms with van der Waals surface area (Å²) in [6.07, 6.45) is 1.69. The van der Waals surface area contributed by atoms with Gasteiger partial charge in [0.05, 0.1) is 18.4 Å². The van der Waals surface area contributed by atoms with Crippen LogP contribution in [0.2, 0.25) is 0 Å². The number of aliphatic imine (C=N–C) groups is 1. The van der Waals surface area contributed by atoms with Crippen LogP contribution in [0.15, 0.2) is 59.6 Å². The number of carboxylic acid groups (broad SMARTS) is 1. The van der Waals surface area contributed by atoms with Crippen LogP contribution in [0.5, 0.6) is 0 Å². The fourth-order valence-electron chi connectivity index (χ4n) is 3.04. The molecule has 8 nitrogen and oxygen atoms in total. The van der Waals surface area contributed by atoms with Crippen molar-refractivity contribution in [2.45, 2.75) is 19.6 Å². The van der Waals surface area contributed by atoms with Crippen LogP contribution in [0.4, 0.5) is 5.82 Å². The Hall–Kier alpha value is -3.94. The maximum Gasteiger partial charge on any atom is 0.335 e. The first-order valence-corrected chi connectivity index (χ1v) is 9.10. The summed E-state index contributed by atoms with van der Waals surface area (Å²) in [5.74, 6) is -0.423. The molecule has 1 amide bonds. The molecule has 1 aliphatic heterocycles. The number of nitrogens with zero attached hydrogens (tertiary/aromatic N) is 3. The molecule has 0 bridgehead atoms. The number of carbonyl (C=O) groups excluding carboxylic acids is 1. The fourth-order valence-corrected chi connectivity index (χ4v) is 3.04. The second-order valence-electron chi connectivity index (χ2n) is 6.70. The van der Waals surface area contributed by atoms with Crippen molar-refractivity contribution in [1.82, 2.24) is 20.2 Å². The molecule has 1 aromatic heterocycles. The van der Waals surface area contributed by atoms with Gasteiger partial charge in [0.25, 0.3) is 5.91 Å². The van der Waals surface area contributed by atoms with E-state index in [2.05, 4.69) is 20.3 Å². The predicted molar refractivity (Wildman–Crippen MR) is 107 cm³/mol. The maximum atomic E-state index is 12.4. The first kappa shape index (κ1) is 18.4. The summed E-state index contributed by atoms with van der Waals surface area (Å²) < 4.78 is 0. The van der Waals surface area contributed by atoms with E-state index in [1.54, 1.807) is 30.6 Å². The van der Waals surface area contributed by atoms with Crippen molar-refractivity contribution in [2.75, 3.05) is 0 Å². The van der Waals surface area contributed by atoms with E-state index in [9.17, 15) is 9.59 Å². The van der Waals surface area contributed by atoms with Crippen LogP contribution in [0, 0.1) is 0 Å². The second-order valence-corrected chi connectivity index (χ2v) is 6.70. The van der Waals surface area contributed by atoms with Gasteiger partial charge in [-0.25, -0.2) is 14.8 Å². The lowest BCUT2D eigenvalue weighted by atomic mass is 10.1. The number of amides is 1. The number of aromatic carboxylic acids is 1. The summed E-state index contributed by atoms with van der Waals surface area (Å²) in [6, 6.07) is 16.4. The van der Waals surface area contributed by atoms with Gasteiger partial charge in [-0.2, -0.15) is 0 Å². The first-order valence-electron chi connectivity index (χ1n) is 9.10. The number of carboxylic acids is 1. The molecule has 0 atom stereocenters. The second kappa shape index (κ2) is 7.97. The number of imidazole rings is 1. The van der Waals surface area contributed by atoms with Gasteiger partial charge in [0.2, 0.25) is 0 Å².